The van der Waals surface area contributed by atoms with Gasteiger partial charge >= 0.3 is 11.9 Å². The summed E-state index contributed by atoms with van der Waals surface area (Å²) >= 11 is 0. The normalized spacial score (nSPS) is 20.2. The first kappa shape index (κ1) is 22.2. The van der Waals surface area contributed by atoms with Gasteiger partial charge in [0.25, 0.3) is 0 Å². The first-order valence-corrected chi connectivity index (χ1v) is 9.31. The number of esters is 2. The molecule has 1 heterocycles. The monoisotopic (exact) mass is 406 g/mol. The summed E-state index contributed by atoms with van der Waals surface area (Å²) in [6.07, 6.45) is 4.14. The van der Waals surface area contributed by atoms with Crippen LogP contribution in [-0.2, 0) is 28.7 Å². The van der Waals surface area contributed by atoms with E-state index < -0.39 is 47.0 Å². The van der Waals surface area contributed by atoms with E-state index in [0.717, 1.165) is 6.08 Å². The van der Waals surface area contributed by atoms with Gasteiger partial charge in [-0.2, -0.15) is 0 Å². The van der Waals surface area contributed by atoms with Crippen LogP contribution in [-0.4, -0.2) is 48.6 Å². The van der Waals surface area contributed by atoms with Crippen LogP contribution in [0.3, 0.4) is 0 Å². The van der Waals surface area contributed by atoms with Gasteiger partial charge in [0.05, 0.1) is 18.9 Å². The molecule has 1 amide bonds. The van der Waals surface area contributed by atoms with E-state index in [0.29, 0.717) is 12.1 Å². The highest BCUT2D eigenvalue weighted by atomic mass is 19.1. The van der Waals surface area contributed by atoms with Crippen LogP contribution in [0.5, 0.6) is 0 Å². The molecule has 1 aliphatic carbocycles. The molecule has 8 nitrogen and oxygen atoms in total. The van der Waals surface area contributed by atoms with Crippen molar-refractivity contribution in [3.05, 3.63) is 35.3 Å². The van der Waals surface area contributed by atoms with Gasteiger partial charge in [-0.25, -0.2) is 14.0 Å². The Hall–Kier alpha value is -3.10. The van der Waals surface area contributed by atoms with Gasteiger partial charge in [-0.3, -0.25) is 14.6 Å². The summed E-state index contributed by atoms with van der Waals surface area (Å²) in [5.41, 5.74) is 0.0750. The quantitative estimate of drug-likeness (QED) is 0.298. The number of halogens is 1. The molecule has 0 bridgehead atoms. The minimum Gasteiger partial charge on any atom is -0.462 e. The molecule has 0 aromatic carbocycles. The van der Waals surface area contributed by atoms with Gasteiger partial charge in [-0.05, 0) is 38.8 Å². The van der Waals surface area contributed by atoms with Crippen molar-refractivity contribution in [2.45, 2.75) is 39.7 Å². The number of allylic oxidation sites excluding steroid dienone is 4. The molecule has 9 heteroatoms. The number of carbonyl (C=O) groups is 4. The third-order valence-electron chi connectivity index (χ3n) is 4.31. The fourth-order valence-electron chi connectivity index (χ4n) is 3.07. The number of hydrogen-bond acceptors (Lipinski definition) is 7. The van der Waals surface area contributed by atoms with E-state index in [1.807, 2.05) is 0 Å². The molecule has 0 saturated heterocycles. The molecule has 29 heavy (non-hydrogen) atoms. The minimum atomic E-state index is -0.948. The Morgan fingerprint density at radius 1 is 1.14 bits per heavy atom. The molecule has 2 unspecified atom stereocenters. The van der Waals surface area contributed by atoms with E-state index in [9.17, 15) is 23.6 Å². The second kappa shape index (κ2) is 9.90. The summed E-state index contributed by atoms with van der Waals surface area (Å²) in [6, 6.07) is -0.843. The number of nitrogens with one attached hydrogen (secondary N) is 1. The van der Waals surface area contributed by atoms with Crippen LogP contribution in [0.2, 0.25) is 0 Å². The molecule has 0 spiro atoms. The maximum absolute atomic E-state index is 14.1. The summed E-state index contributed by atoms with van der Waals surface area (Å²) in [5, 5.41) is 2.48. The van der Waals surface area contributed by atoms with Crippen LogP contribution >= 0.6 is 0 Å². The molecule has 0 saturated carbocycles. The van der Waals surface area contributed by atoms with Crippen molar-refractivity contribution < 1.29 is 33.0 Å². The number of rotatable bonds is 7. The fraction of sp³-hybridized carbons (Fsp3) is 0.450. The lowest BCUT2D eigenvalue weighted by molar-refractivity contribution is -0.147. The largest absolute Gasteiger partial charge is 0.462 e. The van der Waals surface area contributed by atoms with Gasteiger partial charge < -0.3 is 14.8 Å². The Morgan fingerprint density at radius 3 is 2.31 bits per heavy atom. The SMILES string of the molecule is CCOC(=O)C(=CC(=O)C1CCC2C(=N1)C=CC(F)=C2NC(C)=O)C(=O)OCC. The van der Waals surface area contributed by atoms with Crippen molar-refractivity contribution in [1.82, 2.24) is 5.32 Å². The Kier molecular flexibility index (Phi) is 7.58. The number of carbonyl (C=O) groups excluding carboxylic acids is 4. The summed E-state index contributed by atoms with van der Waals surface area (Å²) in [7, 11) is 0. The van der Waals surface area contributed by atoms with Gasteiger partial charge in [0, 0.05) is 24.6 Å². The average Bonchev–Trinajstić information content (AvgIpc) is 2.67. The summed E-state index contributed by atoms with van der Waals surface area (Å²) in [5.74, 6) is -3.88. The van der Waals surface area contributed by atoms with Crippen LogP contribution in [0.4, 0.5) is 4.39 Å². The lowest BCUT2D eigenvalue weighted by Crippen LogP contribution is -2.36. The van der Waals surface area contributed by atoms with Crippen molar-refractivity contribution in [2.75, 3.05) is 13.2 Å². The third-order valence-corrected chi connectivity index (χ3v) is 4.31. The molecule has 0 aromatic rings. The maximum atomic E-state index is 14.1. The molecular weight excluding hydrogens is 383 g/mol. The molecule has 0 aromatic heterocycles. The molecule has 2 aliphatic rings. The van der Waals surface area contributed by atoms with Gasteiger partial charge in [-0.15, -0.1) is 0 Å². The minimum absolute atomic E-state index is 0.0335. The van der Waals surface area contributed by atoms with Crippen LogP contribution in [0.25, 0.3) is 0 Å². The van der Waals surface area contributed by atoms with E-state index >= 15 is 0 Å². The van der Waals surface area contributed by atoms with Crippen molar-refractivity contribution in [3.8, 4) is 0 Å². The van der Waals surface area contributed by atoms with Crippen LogP contribution in [0, 0.1) is 5.92 Å². The van der Waals surface area contributed by atoms with Crippen LogP contribution in [0.1, 0.15) is 33.6 Å². The average molecular weight is 406 g/mol. The van der Waals surface area contributed by atoms with Crippen molar-refractivity contribution in [1.29, 1.82) is 0 Å². The second-order valence-corrected chi connectivity index (χ2v) is 6.38. The van der Waals surface area contributed by atoms with E-state index in [1.165, 1.54) is 19.1 Å². The first-order valence-electron chi connectivity index (χ1n) is 9.31. The third kappa shape index (κ3) is 5.46. The highest BCUT2D eigenvalue weighted by Crippen LogP contribution is 2.31. The van der Waals surface area contributed by atoms with Gasteiger partial charge in [0.15, 0.2) is 5.78 Å². The van der Waals surface area contributed by atoms with Gasteiger partial charge in [0.1, 0.15) is 17.4 Å². The predicted molar refractivity (Wildman–Crippen MR) is 101 cm³/mol. The Labute approximate surface area is 167 Å². The van der Waals surface area contributed by atoms with Crippen molar-refractivity contribution in [2.24, 2.45) is 10.9 Å². The molecule has 2 rings (SSSR count). The predicted octanol–water partition coefficient (Wildman–Crippen LogP) is 1.71. The van der Waals surface area contributed by atoms with Crippen molar-refractivity contribution >= 4 is 29.3 Å². The lowest BCUT2D eigenvalue weighted by atomic mass is 9.84. The zero-order valence-corrected chi connectivity index (χ0v) is 16.5. The highest BCUT2D eigenvalue weighted by molar-refractivity contribution is 6.18. The molecule has 1 aliphatic heterocycles. The zero-order valence-electron chi connectivity index (χ0n) is 16.5. The lowest BCUT2D eigenvalue weighted by Gasteiger charge is -2.29. The standard InChI is InChI=1S/C20H23FN2O6/c1-4-28-19(26)13(20(27)29-5-2)10-17(25)16-8-6-12-15(23-16)9-7-14(21)18(12)22-11(3)24/h7,9-10,12,16H,4-6,8H2,1-3H3,(H,22,24). The molecule has 1 N–H and O–H groups in total. The zero-order chi connectivity index (χ0) is 21.6. The van der Waals surface area contributed by atoms with E-state index in [2.05, 4.69) is 10.3 Å². The van der Waals surface area contributed by atoms with E-state index in [1.54, 1.807) is 13.8 Å². The van der Waals surface area contributed by atoms with Crippen molar-refractivity contribution in [3.63, 3.8) is 0 Å². The smallest absolute Gasteiger partial charge is 0.345 e. The number of ketones is 1. The highest BCUT2D eigenvalue weighted by Gasteiger charge is 2.34. The number of nitrogens with zero attached hydrogens (tertiary/aromatic N) is 1. The number of hydrogen-bond donors (Lipinski definition) is 1. The first-order chi connectivity index (χ1) is 13.8. The van der Waals surface area contributed by atoms with Gasteiger partial charge in [0.2, 0.25) is 5.91 Å². The molecule has 0 radical (unpaired) electrons. The van der Waals surface area contributed by atoms with E-state index in [-0.39, 0.29) is 25.3 Å². The molecule has 0 fully saturated rings. The Balaban J connectivity index is 2.26. The number of ether oxygens (including phenoxy) is 2. The molecular formula is C20H23FN2O6. The Morgan fingerprint density at radius 2 is 1.76 bits per heavy atom. The summed E-state index contributed by atoms with van der Waals surface area (Å²) in [4.78, 5) is 52.3. The summed E-state index contributed by atoms with van der Waals surface area (Å²) in [6.45, 7) is 4.49. The second-order valence-electron chi connectivity index (χ2n) is 6.38. The maximum Gasteiger partial charge on any atom is 0.345 e. The number of aliphatic imine (C=N–C) groups is 1. The number of amides is 1. The molecule has 156 valence electrons. The number of fused-ring (bicyclic) bond motifs is 1. The van der Waals surface area contributed by atoms with Gasteiger partial charge in [-0.1, -0.05) is 0 Å². The molecule has 2 atom stereocenters. The Bertz CT molecular complexity index is 820. The summed E-state index contributed by atoms with van der Waals surface area (Å²) < 4.78 is 23.7. The van der Waals surface area contributed by atoms with Crippen LogP contribution in [0.15, 0.2) is 40.3 Å². The fourth-order valence-corrected chi connectivity index (χ4v) is 3.07. The van der Waals surface area contributed by atoms with E-state index in [4.69, 9.17) is 9.47 Å². The topological polar surface area (TPSA) is 111 Å². The van der Waals surface area contributed by atoms with Crippen LogP contribution < -0.4 is 5.32 Å².